The number of amidine groups is 1. The fraction of sp³-hybridized carbons (Fsp3) is 0.136. The van der Waals surface area contributed by atoms with Crippen LogP contribution in [0.15, 0.2) is 73.6 Å². The number of hydrogen-bond donors (Lipinski definition) is 1. The molecule has 6 nitrogen and oxygen atoms in total. The number of hydrogen-bond acceptors (Lipinski definition) is 6. The topological polar surface area (TPSA) is 70.2 Å². The van der Waals surface area contributed by atoms with Crippen LogP contribution in [0.5, 0.6) is 0 Å². The van der Waals surface area contributed by atoms with Gasteiger partial charge in [0.25, 0.3) is 5.91 Å². The summed E-state index contributed by atoms with van der Waals surface area (Å²) in [4.78, 5) is 17.9. The number of halogens is 2. The Balaban J connectivity index is 1.65. The Morgan fingerprint density at radius 3 is 2.77 bits per heavy atom. The van der Waals surface area contributed by atoms with Gasteiger partial charge < -0.3 is 4.42 Å². The smallest absolute Gasteiger partial charge is 0.276 e. The second-order valence-corrected chi connectivity index (χ2v) is 9.46. The highest BCUT2D eigenvalue weighted by Crippen LogP contribution is 2.34. The lowest BCUT2D eigenvalue weighted by Gasteiger charge is -2.32. The monoisotopic (exact) mass is 514 g/mol. The molecule has 0 fully saturated rings. The lowest BCUT2D eigenvalue weighted by Crippen LogP contribution is -2.50. The van der Waals surface area contributed by atoms with Crippen LogP contribution in [0.1, 0.15) is 18.8 Å². The Hall–Kier alpha value is -2.55. The molecule has 156 valence electrons. The average Bonchev–Trinajstić information content (AvgIpc) is 3.23. The molecule has 3 aromatic rings. The van der Waals surface area contributed by atoms with Gasteiger partial charge in [0.1, 0.15) is 11.5 Å². The Morgan fingerprint density at radius 2 is 2.00 bits per heavy atom. The van der Waals surface area contributed by atoms with Crippen molar-refractivity contribution < 1.29 is 9.21 Å². The number of amides is 1. The molecule has 1 N–H and O–H groups in total. The Morgan fingerprint density at radius 1 is 1.19 bits per heavy atom. The van der Waals surface area contributed by atoms with E-state index >= 15 is 0 Å². The fourth-order valence-corrected chi connectivity index (χ4v) is 4.57. The number of carbonyl (C=O) groups is 1. The summed E-state index contributed by atoms with van der Waals surface area (Å²) in [5.74, 6) is 1.86. The number of rotatable bonds is 3. The molecule has 2 aromatic carbocycles. The maximum Gasteiger partial charge on any atom is 0.276 e. The zero-order chi connectivity index (χ0) is 21.5. The zero-order valence-electron chi connectivity index (χ0n) is 16.3. The van der Waals surface area contributed by atoms with E-state index in [1.165, 1.54) is 11.8 Å². The molecule has 31 heavy (non-hydrogen) atoms. The van der Waals surface area contributed by atoms with Gasteiger partial charge in [-0.2, -0.15) is 0 Å². The number of carbonyl (C=O) groups excluding carboxylic acids is 1. The van der Waals surface area contributed by atoms with Crippen molar-refractivity contribution in [1.82, 2.24) is 10.3 Å². The molecule has 0 radical (unpaired) electrons. The number of fused-ring (bicyclic) bond motifs is 2. The van der Waals surface area contributed by atoms with E-state index in [0.29, 0.717) is 32.8 Å². The van der Waals surface area contributed by atoms with Crippen LogP contribution in [0, 0.1) is 0 Å². The molecule has 2 aliphatic heterocycles. The summed E-state index contributed by atoms with van der Waals surface area (Å²) in [6, 6.07) is 16.9. The molecule has 0 saturated carbocycles. The maximum absolute atomic E-state index is 13.0. The zero-order valence-corrected chi connectivity index (χ0v) is 19.5. The van der Waals surface area contributed by atoms with E-state index in [1.807, 2.05) is 61.5 Å². The number of hydrazone groups is 1. The van der Waals surface area contributed by atoms with Crippen LogP contribution >= 0.6 is 39.3 Å². The molecule has 5 rings (SSSR count). The molecule has 0 spiro atoms. The van der Waals surface area contributed by atoms with Gasteiger partial charge in [-0.15, -0.1) is 5.10 Å². The van der Waals surface area contributed by atoms with Crippen LogP contribution in [0.25, 0.3) is 17.0 Å². The van der Waals surface area contributed by atoms with Crippen LogP contribution in [0.2, 0.25) is 5.02 Å². The molecule has 2 aliphatic rings. The number of nitrogens with zero attached hydrogens (tertiary/aromatic N) is 3. The number of furan rings is 1. The second kappa shape index (κ2) is 8.18. The molecule has 3 heterocycles. The SMILES string of the molecule is CCSC1=NN2C(=c3cc(Br)ccc3=N[C@@H]2c2ccc(-c3ccc(Cl)cc3)o2)C(=O)N1. The molecule has 9 heteroatoms. The first-order valence-electron chi connectivity index (χ1n) is 9.59. The van der Waals surface area contributed by atoms with Crippen molar-refractivity contribution in [3.63, 3.8) is 0 Å². The van der Waals surface area contributed by atoms with E-state index < -0.39 is 6.17 Å². The van der Waals surface area contributed by atoms with Crippen molar-refractivity contribution in [3.05, 3.63) is 80.4 Å². The normalized spacial score (nSPS) is 17.5. The first kappa shape index (κ1) is 20.4. The summed E-state index contributed by atoms with van der Waals surface area (Å²) in [7, 11) is 0. The molecule has 1 atom stereocenters. The molecular weight excluding hydrogens is 500 g/mol. The summed E-state index contributed by atoms with van der Waals surface area (Å²) < 4.78 is 7.02. The maximum atomic E-state index is 13.0. The van der Waals surface area contributed by atoms with Gasteiger partial charge in [0, 0.05) is 20.3 Å². The van der Waals surface area contributed by atoms with Crippen LogP contribution in [0.4, 0.5) is 0 Å². The van der Waals surface area contributed by atoms with Gasteiger partial charge in [-0.3, -0.25) is 10.1 Å². The predicted molar refractivity (Wildman–Crippen MR) is 126 cm³/mol. The number of nitrogens with one attached hydrogen (secondary N) is 1. The minimum Gasteiger partial charge on any atom is -0.457 e. The molecule has 1 amide bonds. The van der Waals surface area contributed by atoms with Gasteiger partial charge in [0.2, 0.25) is 6.17 Å². The van der Waals surface area contributed by atoms with E-state index in [9.17, 15) is 4.79 Å². The number of thioether (sulfide) groups is 1. The third-order valence-corrected chi connectivity index (χ3v) is 6.35. The highest BCUT2D eigenvalue weighted by atomic mass is 79.9. The third-order valence-electron chi connectivity index (χ3n) is 4.86. The Bertz CT molecular complexity index is 1340. The first-order valence-corrected chi connectivity index (χ1v) is 11.7. The van der Waals surface area contributed by atoms with Crippen LogP contribution < -0.4 is 15.9 Å². The molecule has 0 saturated heterocycles. The average molecular weight is 516 g/mol. The molecule has 0 aliphatic carbocycles. The van der Waals surface area contributed by atoms with E-state index in [1.54, 1.807) is 5.01 Å². The molecule has 1 aromatic heterocycles. The first-order chi connectivity index (χ1) is 15.0. The van der Waals surface area contributed by atoms with E-state index in [0.717, 1.165) is 21.0 Å². The third kappa shape index (κ3) is 3.79. The van der Waals surface area contributed by atoms with Crippen LogP contribution in [0.3, 0.4) is 0 Å². The molecular formula is C22H16BrClN4O2S. The molecule has 0 unspecified atom stereocenters. The highest BCUT2D eigenvalue weighted by molar-refractivity contribution is 9.10. The fourth-order valence-electron chi connectivity index (χ4n) is 3.50. The van der Waals surface area contributed by atoms with E-state index in [-0.39, 0.29) is 5.91 Å². The standard InChI is InChI=1S/C22H16BrClN4O2S/c1-2-31-22-26-21(29)19-15-11-13(23)5-8-16(15)25-20(28(19)27-22)18-10-9-17(30-18)12-3-6-14(24)7-4-12/h3-11,20H,2H2,1H3,(H,26,27,29)/t20-/m0/s1. The van der Waals surface area contributed by atoms with Gasteiger partial charge in [0.05, 0.1) is 5.36 Å². The number of benzene rings is 2. The Labute approximate surface area is 195 Å². The minimum atomic E-state index is -0.594. The highest BCUT2D eigenvalue weighted by Gasteiger charge is 2.36. The minimum absolute atomic E-state index is 0.213. The van der Waals surface area contributed by atoms with Gasteiger partial charge in [0.15, 0.2) is 10.9 Å². The van der Waals surface area contributed by atoms with Crippen molar-refractivity contribution in [1.29, 1.82) is 0 Å². The van der Waals surface area contributed by atoms with Gasteiger partial charge >= 0.3 is 0 Å². The van der Waals surface area contributed by atoms with Crippen molar-refractivity contribution in [3.8, 4) is 11.3 Å². The summed E-state index contributed by atoms with van der Waals surface area (Å²) >= 11 is 11.0. The summed E-state index contributed by atoms with van der Waals surface area (Å²) in [6.45, 7) is 2.01. The van der Waals surface area contributed by atoms with Gasteiger partial charge in [-0.25, -0.2) is 10.0 Å². The predicted octanol–water partition coefficient (Wildman–Crippen LogP) is 4.26. The van der Waals surface area contributed by atoms with Crippen LogP contribution in [-0.2, 0) is 4.79 Å². The lowest BCUT2D eigenvalue weighted by molar-refractivity contribution is -0.116. The summed E-state index contributed by atoms with van der Waals surface area (Å²) in [5.41, 5.74) is 1.35. The van der Waals surface area contributed by atoms with Crippen molar-refractivity contribution in [2.75, 3.05) is 5.75 Å². The quantitative estimate of drug-likeness (QED) is 0.566. The van der Waals surface area contributed by atoms with E-state index in [4.69, 9.17) is 21.0 Å². The van der Waals surface area contributed by atoms with Gasteiger partial charge in [-0.05, 0) is 60.4 Å². The van der Waals surface area contributed by atoms with Crippen molar-refractivity contribution in [2.45, 2.75) is 13.1 Å². The summed E-state index contributed by atoms with van der Waals surface area (Å²) in [6.07, 6.45) is -0.594. The van der Waals surface area contributed by atoms with Gasteiger partial charge in [-0.1, -0.05) is 46.2 Å². The Kier molecular flexibility index (Phi) is 5.37. The molecule has 0 bridgehead atoms. The second-order valence-electron chi connectivity index (χ2n) is 6.86. The van der Waals surface area contributed by atoms with E-state index in [2.05, 4.69) is 26.3 Å². The summed E-state index contributed by atoms with van der Waals surface area (Å²) in [5, 5.41) is 11.8. The van der Waals surface area contributed by atoms with Crippen molar-refractivity contribution in [2.24, 2.45) is 10.1 Å². The van der Waals surface area contributed by atoms with Crippen LogP contribution in [-0.4, -0.2) is 21.8 Å². The lowest BCUT2D eigenvalue weighted by atomic mass is 10.1. The van der Waals surface area contributed by atoms with Crippen molar-refractivity contribution >= 4 is 56.1 Å². The largest absolute Gasteiger partial charge is 0.457 e.